The summed E-state index contributed by atoms with van der Waals surface area (Å²) in [6.45, 7) is 7.40. The topological polar surface area (TPSA) is 119 Å². The highest BCUT2D eigenvalue weighted by Crippen LogP contribution is 2.32. The van der Waals surface area contributed by atoms with Gasteiger partial charge in [0, 0.05) is 11.6 Å². The van der Waals surface area contributed by atoms with Gasteiger partial charge in [0.15, 0.2) is 11.8 Å². The van der Waals surface area contributed by atoms with Crippen LogP contribution in [0.4, 0.5) is 0 Å². The zero-order valence-electron chi connectivity index (χ0n) is 19.4. The number of carbonyl (C=O) groups is 2. The molecule has 0 aromatic carbocycles. The number of aryl methyl sites for hydroxylation is 1. The van der Waals surface area contributed by atoms with E-state index in [-0.39, 0.29) is 24.4 Å². The molecule has 176 valence electrons. The third-order valence-electron chi connectivity index (χ3n) is 5.53. The summed E-state index contributed by atoms with van der Waals surface area (Å²) < 4.78 is 11.2. The fourth-order valence-corrected chi connectivity index (χ4v) is 4.18. The Bertz CT molecular complexity index is 1090. The first-order valence-corrected chi connectivity index (χ1v) is 11.2. The van der Waals surface area contributed by atoms with Gasteiger partial charge in [0.2, 0.25) is 11.7 Å². The number of rotatable bonds is 7. The first-order chi connectivity index (χ1) is 15.7. The normalized spacial score (nSPS) is 15.5. The van der Waals surface area contributed by atoms with Crippen LogP contribution >= 0.6 is 0 Å². The molecule has 1 atom stereocenters. The van der Waals surface area contributed by atoms with E-state index >= 15 is 0 Å². The summed E-state index contributed by atoms with van der Waals surface area (Å²) in [6.07, 6.45) is 5.18. The monoisotopic (exact) mass is 454 g/mol. The smallest absolute Gasteiger partial charge is 0.251 e. The number of nitrogens with zero attached hydrogens (tertiary/aromatic N) is 5. The van der Waals surface area contributed by atoms with Gasteiger partial charge < -0.3 is 19.1 Å². The van der Waals surface area contributed by atoms with Crippen molar-refractivity contribution < 1.29 is 18.4 Å². The fourth-order valence-electron chi connectivity index (χ4n) is 4.18. The molecule has 10 nitrogen and oxygen atoms in total. The predicted octanol–water partition coefficient (Wildman–Crippen LogP) is 3.26. The first-order valence-electron chi connectivity index (χ1n) is 11.2. The fraction of sp³-hybridized carbons (Fsp3) is 0.522. The lowest BCUT2D eigenvalue weighted by atomic mass is 10.0. The number of hydrogen-bond acceptors (Lipinski definition) is 7. The van der Waals surface area contributed by atoms with E-state index < -0.39 is 11.6 Å². The summed E-state index contributed by atoms with van der Waals surface area (Å²) in [6, 6.07) is 6.06. The molecule has 1 aliphatic rings. The molecule has 1 aliphatic carbocycles. The minimum Gasteiger partial charge on any atom is -0.467 e. The van der Waals surface area contributed by atoms with Gasteiger partial charge in [0.1, 0.15) is 18.1 Å². The third kappa shape index (κ3) is 5.32. The Morgan fingerprint density at radius 2 is 2.00 bits per heavy atom. The minimum absolute atomic E-state index is 0.0750. The highest BCUT2D eigenvalue weighted by atomic mass is 16.3. The summed E-state index contributed by atoms with van der Waals surface area (Å²) in [5.41, 5.74) is -0.462. The largest absolute Gasteiger partial charge is 0.467 e. The summed E-state index contributed by atoms with van der Waals surface area (Å²) in [4.78, 5) is 29.9. The van der Waals surface area contributed by atoms with Crippen molar-refractivity contribution in [2.75, 3.05) is 0 Å². The zero-order chi connectivity index (χ0) is 23.6. The molecular weight excluding hydrogens is 424 g/mol. The quantitative estimate of drug-likeness (QED) is 0.582. The molecule has 33 heavy (non-hydrogen) atoms. The zero-order valence-corrected chi connectivity index (χ0v) is 19.4. The minimum atomic E-state index is -0.884. The Labute approximate surface area is 192 Å². The Kier molecular flexibility index (Phi) is 6.35. The van der Waals surface area contributed by atoms with Gasteiger partial charge in [-0.15, -0.1) is 10.2 Å². The highest BCUT2D eigenvalue weighted by molar-refractivity contribution is 5.88. The van der Waals surface area contributed by atoms with Crippen molar-refractivity contribution >= 4 is 11.8 Å². The van der Waals surface area contributed by atoms with Gasteiger partial charge in [-0.2, -0.15) is 4.80 Å². The molecule has 2 amide bonds. The van der Waals surface area contributed by atoms with Crippen LogP contribution in [0.25, 0.3) is 11.6 Å². The number of tetrazole rings is 1. The van der Waals surface area contributed by atoms with Gasteiger partial charge in [-0.3, -0.25) is 9.59 Å². The van der Waals surface area contributed by atoms with E-state index in [1.807, 2.05) is 33.8 Å². The summed E-state index contributed by atoms with van der Waals surface area (Å²) in [5, 5.41) is 15.3. The van der Waals surface area contributed by atoms with Crippen LogP contribution in [-0.2, 0) is 16.1 Å². The van der Waals surface area contributed by atoms with E-state index in [0.29, 0.717) is 17.3 Å². The van der Waals surface area contributed by atoms with Crippen LogP contribution in [0.15, 0.2) is 39.4 Å². The Hall–Kier alpha value is -3.43. The van der Waals surface area contributed by atoms with Gasteiger partial charge in [-0.1, -0.05) is 12.8 Å². The van der Waals surface area contributed by atoms with Gasteiger partial charge in [0.05, 0.1) is 6.26 Å². The lowest BCUT2D eigenvalue weighted by molar-refractivity contribution is -0.145. The molecule has 1 unspecified atom stereocenters. The summed E-state index contributed by atoms with van der Waals surface area (Å²) in [5.74, 6) is 1.39. The van der Waals surface area contributed by atoms with E-state index in [1.165, 1.54) is 11.1 Å². The molecule has 3 aromatic rings. The summed E-state index contributed by atoms with van der Waals surface area (Å²) >= 11 is 0. The maximum atomic E-state index is 13.6. The third-order valence-corrected chi connectivity index (χ3v) is 5.53. The highest BCUT2D eigenvalue weighted by Gasteiger charge is 2.40. The van der Waals surface area contributed by atoms with Crippen LogP contribution in [0.5, 0.6) is 0 Å². The van der Waals surface area contributed by atoms with Gasteiger partial charge >= 0.3 is 0 Å². The molecule has 3 aromatic heterocycles. The molecule has 0 spiro atoms. The average molecular weight is 455 g/mol. The Morgan fingerprint density at radius 1 is 1.24 bits per heavy atom. The van der Waals surface area contributed by atoms with E-state index in [0.717, 1.165) is 31.4 Å². The number of amides is 2. The number of nitrogens with one attached hydrogen (secondary N) is 1. The van der Waals surface area contributed by atoms with Crippen molar-refractivity contribution in [1.82, 2.24) is 30.4 Å². The molecule has 10 heteroatoms. The molecule has 0 radical (unpaired) electrons. The maximum Gasteiger partial charge on any atom is 0.251 e. The van der Waals surface area contributed by atoms with Crippen molar-refractivity contribution in [1.29, 1.82) is 0 Å². The Morgan fingerprint density at radius 3 is 2.61 bits per heavy atom. The number of hydrogen-bond donors (Lipinski definition) is 1. The van der Waals surface area contributed by atoms with Crippen LogP contribution in [0.1, 0.15) is 64.0 Å². The van der Waals surface area contributed by atoms with Crippen molar-refractivity contribution in [2.45, 2.75) is 77.5 Å². The Balaban J connectivity index is 1.62. The van der Waals surface area contributed by atoms with Gasteiger partial charge in [-0.05, 0) is 70.0 Å². The lowest BCUT2D eigenvalue weighted by Gasteiger charge is -2.36. The van der Waals surface area contributed by atoms with Crippen molar-refractivity contribution in [3.05, 3.63) is 42.0 Å². The second-order valence-electron chi connectivity index (χ2n) is 9.45. The molecular formula is C23H30N6O4. The molecule has 1 saturated carbocycles. The summed E-state index contributed by atoms with van der Waals surface area (Å²) in [7, 11) is 0. The second-order valence-corrected chi connectivity index (χ2v) is 9.45. The molecule has 1 N–H and O–H groups in total. The molecule has 0 aliphatic heterocycles. The number of aromatic nitrogens is 4. The van der Waals surface area contributed by atoms with Gasteiger partial charge in [-0.25, -0.2) is 0 Å². The van der Waals surface area contributed by atoms with Crippen LogP contribution in [0.3, 0.4) is 0 Å². The van der Waals surface area contributed by atoms with Crippen LogP contribution in [-0.4, -0.2) is 48.5 Å². The van der Waals surface area contributed by atoms with E-state index in [2.05, 4.69) is 20.7 Å². The van der Waals surface area contributed by atoms with E-state index in [9.17, 15) is 9.59 Å². The SMILES string of the molecule is Cc1ccc(-c2nnn(CC(=O)N(C3CCCC3)C(C(=O)NC(C)(C)C)c3ccco3)n2)o1. The van der Waals surface area contributed by atoms with E-state index in [4.69, 9.17) is 8.83 Å². The molecule has 0 bridgehead atoms. The number of furan rings is 2. The van der Waals surface area contributed by atoms with Crippen LogP contribution < -0.4 is 5.32 Å². The molecule has 0 saturated heterocycles. The molecule has 4 rings (SSSR count). The van der Waals surface area contributed by atoms with Gasteiger partial charge in [0.25, 0.3) is 5.91 Å². The average Bonchev–Trinajstić information content (AvgIpc) is 3.51. The standard InChI is InChI=1S/C23H30N6O4/c1-15-11-12-18(33-15)21-25-27-28(26-21)14-19(30)29(16-8-5-6-9-16)20(17-10-7-13-32-17)22(31)24-23(2,3)4/h7,10-13,16,20H,5-6,8-9,14H2,1-4H3,(H,24,31). The van der Waals surface area contributed by atoms with Crippen molar-refractivity contribution in [3.8, 4) is 11.6 Å². The van der Waals surface area contributed by atoms with E-state index in [1.54, 1.807) is 23.1 Å². The molecule has 1 fully saturated rings. The molecule has 3 heterocycles. The number of carbonyl (C=O) groups excluding carboxylic acids is 2. The maximum absolute atomic E-state index is 13.6. The second kappa shape index (κ2) is 9.21. The van der Waals surface area contributed by atoms with Crippen molar-refractivity contribution in [2.24, 2.45) is 0 Å². The van der Waals surface area contributed by atoms with Crippen molar-refractivity contribution in [3.63, 3.8) is 0 Å². The van der Waals surface area contributed by atoms with Crippen LogP contribution in [0, 0.1) is 6.92 Å². The first kappa shape index (κ1) is 22.8. The predicted molar refractivity (Wildman–Crippen MR) is 119 cm³/mol. The van der Waals surface area contributed by atoms with Crippen LogP contribution in [0.2, 0.25) is 0 Å². The lowest BCUT2D eigenvalue weighted by Crippen LogP contribution is -2.52.